The second-order valence-electron chi connectivity index (χ2n) is 5.71. The van der Waals surface area contributed by atoms with Gasteiger partial charge >= 0.3 is 11.8 Å². The molecular weight excluding hydrogens is 386 g/mol. The van der Waals surface area contributed by atoms with Crippen molar-refractivity contribution in [1.29, 1.82) is 0 Å². The van der Waals surface area contributed by atoms with Crippen LogP contribution in [-0.4, -0.2) is 25.8 Å². The van der Waals surface area contributed by atoms with Gasteiger partial charge in [-0.1, -0.05) is 35.0 Å². The molecule has 4 rings (SSSR count). The summed E-state index contributed by atoms with van der Waals surface area (Å²) in [5, 5.41) is 13.6. The van der Waals surface area contributed by atoms with Crippen LogP contribution in [0.25, 0.3) is 17.1 Å². The second-order valence-corrected chi connectivity index (χ2v) is 7.15. The molecule has 4 aromatic rings. The maximum absolute atomic E-state index is 12.2. The lowest BCUT2D eigenvalue weighted by molar-refractivity contribution is 0.0907. The number of halogens is 1. The Kier molecular flexibility index (Phi) is 4.74. The summed E-state index contributed by atoms with van der Waals surface area (Å²) in [6.45, 7) is 2.24. The largest absolute Gasteiger partial charge is 0.343 e. The van der Waals surface area contributed by atoms with E-state index in [0.29, 0.717) is 28.6 Å². The molecule has 0 aliphatic rings. The highest BCUT2D eigenvalue weighted by Gasteiger charge is 2.19. The summed E-state index contributed by atoms with van der Waals surface area (Å²) in [6.07, 6.45) is 1.76. The predicted octanol–water partition coefficient (Wildman–Crippen LogP) is 3.88. The van der Waals surface area contributed by atoms with Gasteiger partial charge in [0.25, 0.3) is 0 Å². The van der Waals surface area contributed by atoms with Crippen LogP contribution in [0.5, 0.6) is 0 Å². The molecule has 0 spiro atoms. The highest BCUT2D eigenvalue weighted by Crippen LogP contribution is 2.25. The van der Waals surface area contributed by atoms with Crippen LogP contribution in [0.4, 0.5) is 0 Å². The molecule has 3 heterocycles. The third-order valence-electron chi connectivity index (χ3n) is 3.86. The quantitative estimate of drug-likeness (QED) is 0.550. The Bertz CT molecular complexity index is 1090. The zero-order valence-electron chi connectivity index (χ0n) is 14.2. The number of aryl methyl sites for hydroxylation is 1. The van der Waals surface area contributed by atoms with Gasteiger partial charge in [0.05, 0.1) is 28.5 Å². The van der Waals surface area contributed by atoms with Crippen molar-refractivity contribution >= 4 is 28.8 Å². The summed E-state index contributed by atoms with van der Waals surface area (Å²) < 4.78 is 6.76. The van der Waals surface area contributed by atoms with Crippen LogP contribution >= 0.6 is 22.9 Å². The first-order valence-corrected chi connectivity index (χ1v) is 9.33. The van der Waals surface area contributed by atoms with Gasteiger partial charge in [0.1, 0.15) is 0 Å². The van der Waals surface area contributed by atoms with E-state index >= 15 is 0 Å². The molecule has 9 heteroatoms. The number of carbonyl (C=O) groups excluding carboxylic acids is 1. The van der Waals surface area contributed by atoms with Crippen molar-refractivity contribution in [3.05, 3.63) is 69.5 Å². The van der Waals surface area contributed by atoms with Gasteiger partial charge in [-0.25, -0.2) is 4.68 Å². The van der Waals surface area contributed by atoms with E-state index in [0.717, 1.165) is 10.6 Å². The molecule has 0 atom stereocenters. The van der Waals surface area contributed by atoms with Gasteiger partial charge in [0, 0.05) is 11.1 Å². The molecule has 1 amide bonds. The Balaban J connectivity index is 1.55. The summed E-state index contributed by atoms with van der Waals surface area (Å²) in [7, 11) is 0. The molecule has 3 aromatic heterocycles. The lowest BCUT2D eigenvalue weighted by Crippen LogP contribution is -2.22. The van der Waals surface area contributed by atoms with Crippen molar-refractivity contribution in [3.8, 4) is 17.1 Å². The first-order chi connectivity index (χ1) is 13.1. The van der Waals surface area contributed by atoms with Crippen LogP contribution in [-0.2, 0) is 6.54 Å². The number of carbonyl (C=O) groups is 1. The average molecular weight is 400 g/mol. The van der Waals surface area contributed by atoms with E-state index in [9.17, 15) is 4.79 Å². The number of hydrogen-bond acceptors (Lipinski definition) is 6. The standard InChI is InChI=1S/C18H14ClN5O2S/c1-11-13(10-24(22-11)15-7-3-2-6-14(15)19)16-21-18(26-23-16)17(25)20-9-12-5-4-8-27-12/h2-8,10H,9H2,1H3,(H,20,25). The third-order valence-corrected chi connectivity index (χ3v) is 5.06. The molecule has 27 heavy (non-hydrogen) atoms. The number of para-hydroxylation sites is 1. The van der Waals surface area contributed by atoms with Crippen molar-refractivity contribution < 1.29 is 9.32 Å². The van der Waals surface area contributed by atoms with Crippen molar-refractivity contribution in [2.75, 3.05) is 0 Å². The molecule has 0 fully saturated rings. The molecule has 0 saturated heterocycles. The molecular formula is C18H14ClN5O2S. The summed E-state index contributed by atoms with van der Waals surface area (Å²) in [4.78, 5) is 17.4. The number of thiophene rings is 1. The highest BCUT2D eigenvalue weighted by atomic mass is 35.5. The maximum atomic E-state index is 12.2. The fourth-order valence-corrected chi connectivity index (χ4v) is 3.39. The summed E-state index contributed by atoms with van der Waals surface area (Å²) in [5.74, 6) is -0.211. The van der Waals surface area contributed by atoms with E-state index in [1.165, 1.54) is 0 Å². The van der Waals surface area contributed by atoms with E-state index in [2.05, 4.69) is 20.6 Å². The Hall–Kier alpha value is -2.97. The molecule has 0 aliphatic heterocycles. The molecule has 1 N–H and O–H groups in total. The van der Waals surface area contributed by atoms with Crippen LogP contribution in [0.1, 0.15) is 21.3 Å². The van der Waals surface area contributed by atoms with Crippen LogP contribution in [0.15, 0.2) is 52.5 Å². The SMILES string of the molecule is Cc1nn(-c2ccccc2Cl)cc1-c1noc(C(=O)NCc2cccs2)n1. The van der Waals surface area contributed by atoms with Crippen LogP contribution in [0, 0.1) is 6.92 Å². The summed E-state index contributed by atoms with van der Waals surface area (Å²) in [6, 6.07) is 11.2. The Labute approximate surface area is 163 Å². The predicted molar refractivity (Wildman–Crippen MR) is 102 cm³/mol. The maximum Gasteiger partial charge on any atom is 0.316 e. The van der Waals surface area contributed by atoms with Gasteiger partial charge in [-0.2, -0.15) is 10.1 Å². The molecule has 0 aliphatic carbocycles. The molecule has 7 nitrogen and oxygen atoms in total. The average Bonchev–Trinajstić information content (AvgIpc) is 3.41. The molecule has 0 radical (unpaired) electrons. The lowest BCUT2D eigenvalue weighted by Gasteiger charge is -2.02. The molecule has 136 valence electrons. The minimum absolute atomic E-state index is 0.0913. The van der Waals surface area contributed by atoms with Crippen LogP contribution < -0.4 is 5.32 Å². The van der Waals surface area contributed by atoms with Gasteiger partial charge in [-0.05, 0) is 30.5 Å². The van der Waals surface area contributed by atoms with E-state index in [-0.39, 0.29) is 5.89 Å². The van der Waals surface area contributed by atoms with Crippen molar-refractivity contribution in [2.24, 2.45) is 0 Å². The summed E-state index contributed by atoms with van der Waals surface area (Å²) >= 11 is 7.79. The van der Waals surface area contributed by atoms with Crippen molar-refractivity contribution in [2.45, 2.75) is 13.5 Å². The van der Waals surface area contributed by atoms with Gasteiger partial charge in [0.15, 0.2) is 0 Å². The number of nitrogens with zero attached hydrogens (tertiary/aromatic N) is 4. The fourth-order valence-electron chi connectivity index (χ4n) is 2.52. The van der Waals surface area contributed by atoms with Crippen molar-refractivity contribution in [1.82, 2.24) is 25.2 Å². The smallest absolute Gasteiger partial charge is 0.316 e. The number of rotatable bonds is 5. The number of benzene rings is 1. The van der Waals surface area contributed by atoms with Crippen LogP contribution in [0.3, 0.4) is 0 Å². The highest BCUT2D eigenvalue weighted by molar-refractivity contribution is 7.09. The van der Waals surface area contributed by atoms with E-state index in [1.807, 2.05) is 42.6 Å². The van der Waals surface area contributed by atoms with Crippen LogP contribution in [0.2, 0.25) is 5.02 Å². The Morgan fingerprint density at radius 2 is 2.15 bits per heavy atom. The van der Waals surface area contributed by atoms with Gasteiger partial charge in [-0.15, -0.1) is 11.3 Å². The topological polar surface area (TPSA) is 85.8 Å². The normalized spacial score (nSPS) is 10.9. The number of nitrogens with one attached hydrogen (secondary N) is 1. The first-order valence-electron chi connectivity index (χ1n) is 8.07. The molecule has 0 unspecified atom stereocenters. The van der Waals surface area contributed by atoms with Gasteiger partial charge in [-0.3, -0.25) is 4.79 Å². The molecule has 1 aromatic carbocycles. The molecule has 0 bridgehead atoms. The minimum Gasteiger partial charge on any atom is -0.343 e. The fraction of sp³-hybridized carbons (Fsp3) is 0.111. The monoisotopic (exact) mass is 399 g/mol. The van der Waals surface area contributed by atoms with E-state index in [1.54, 1.807) is 28.3 Å². The van der Waals surface area contributed by atoms with E-state index in [4.69, 9.17) is 16.1 Å². The Morgan fingerprint density at radius 1 is 1.30 bits per heavy atom. The lowest BCUT2D eigenvalue weighted by atomic mass is 10.2. The summed E-state index contributed by atoms with van der Waals surface area (Å²) in [5.41, 5.74) is 2.10. The third kappa shape index (κ3) is 3.62. The Morgan fingerprint density at radius 3 is 2.93 bits per heavy atom. The van der Waals surface area contributed by atoms with Crippen molar-refractivity contribution in [3.63, 3.8) is 0 Å². The minimum atomic E-state index is -0.418. The number of aromatic nitrogens is 4. The van der Waals surface area contributed by atoms with Gasteiger partial charge < -0.3 is 9.84 Å². The molecule has 0 saturated carbocycles. The van der Waals surface area contributed by atoms with E-state index < -0.39 is 5.91 Å². The zero-order valence-corrected chi connectivity index (χ0v) is 15.8. The second kappa shape index (κ2) is 7.34. The first kappa shape index (κ1) is 17.4. The zero-order chi connectivity index (χ0) is 18.8. The van der Waals surface area contributed by atoms with Gasteiger partial charge in [0.2, 0.25) is 5.82 Å². The number of amides is 1. The number of hydrogen-bond donors (Lipinski definition) is 1.